The van der Waals surface area contributed by atoms with Gasteiger partial charge in [-0.3, -0.25) is 9.59 Å². The van der Waals surface area contributed by atoms with Crippen molar-refractivity contribution in [3.8, 4) is 0 Å². The summed E-state index contributed by atoms with van der Waals surface area (Å²) >= 11 is 0. The van der Waals surface area contributed by atoms with Crippen molar-refractivity contribution in [2.75, 3.05) is 6.54 Å². The first-order chi connectivity index (χ1) is 10.1. The van der Waals surface area contributed by atoms with Gasteiger partial charge in [-0.15, -0.1) is 0 Å². The Balaban J connectivity index is 1.55. The summed E-state index contributed by atoms with van der Waals surface area (Å²) in [5.41, 5.74) is 1.84. The predicted molar refractivity (Wildman–Crippen MR) is 76.6 cm³/mol. The second-order valence-corrected chi connectivity index (χ2v) is 6.65. The molecule has 1 aromatic carbocycles. The Morgan fingerprint density at radius 2 is 1.95 bits per heavy atom. The highest BCUT2D eigenvalue weighted by Crippen LogP contribution is 2.55. The fraction of sp³-hybridized carbons (Fsp3) is 0.529. The maximum Gasteiger partial charge on any atom is 0.312 e. The van der Waals surface area contributed by atoms with Crippen LogP contribution in [0.15, 0.2) is 24.3 Å². The number of rotatable bonds is 3. The summed E-state index contributed by atoms with van der Waals surface area (Å²) in [7, 11) is 0. The molecule has 2 saturated carbocycles. The molecule has 0 spiro atoms. The van der Waals surface area contributed by atoms with E-state index in [1.165, 1.54) is 12.8 Å². The van der Waals surface area contributed by atoms with E-state index in [4.69, 9.17) is 0 Å². The van der Waals surface area contributed by atoms with Gasteiger partial charge in [0.05, 0.1) is 5.92 Å². The van der Waals surface area contributed by atoms with Crippen molar-refractivity contribution in [2.24, 2.45) is 17.8 Å². The van der Waals surface area contributed by atoms with Crippen LogP contribution in [0.3, 0.4) is 0 Å². The van der Waals surface area contributed by atoms with Crippen molar-refractivity contribution in [1.29, 1.82) is 0 Å². The fourth-order valence-electron chi connectivity index (χ4n) is 3.76. The summed E-state index contributed by atoms with van der Waals surface area (Å²) in [4.78, 5) is 25.9. The van der Waals surface area contributed by atoms with Crippen molar-refractivity contribution in [1.82, 2.24) is 4.90 Å². The Morgan fingerprint density at radius 1 is 1.19 bits per heavy atom. The number of benzene rings is 1. The Labute approximate surface area is 123 Å². The van der Waals surface area contributed by atoms with Crippen LogP contribution < -0.4 is 0 Å². The third-order valence-electron chi connectivity index (χ3n) is 5.19. The highest BCUT2D eigenvalue weighted by atomic mass is 16.4. The number of amides is 1. The molecule has 1 N–H and O–H groups in total. The van der Waals surface area contributed by atoms with Gasteiger partial charge in [0, 0.05) is 19.0 Å². The fourth-order valence-corrected chi connectivity index (χ4v) is 3.76. The van der Waals surface area contributed by atoms with Crippen LogP contribution >= 0.6 is 0 Å². The van der Waals surface area contributed by atoms with Gasteiger partial charge >= 0.3 is 5.97 Å². The molecule has 1 aliphatic heterocycles. The van der Waals surface area contributed by atoms with Crippen LogP contribution in [0, 0.1) is 17.8 Å². The first-order valence-corrected chi connectivity index (χ1v) is 7.74. The Morgan fingerprint density at radius 3 is 2.67 bits per heavy atom. The van der Waals surface area contributed by atoms with E-state index in [0.717, 1.165) is 23.5 Å². The van der Waals surface area contributed by atoms with E-state index < -0.39 is 11.9 Å². The Hall–Kier alpha value is -1.84. The molecule has 0 aromatic heterocycles. The van der Waals surface area contributed by atoms with Gasteiger partial charge in [-0.25, -0.2) is 0 Å². The lowest BCUT2D eigenvalue weighted by Gasteiger charge is -2.33. The van der Waals surface area contributed by atoms with Gasteiger partial charge < -0.3 is 10.0 Å². The number of fused-ring (bicyclic) bond motifs is 1. The van der Waals surface area contributed by atoms with Crippen LogP contribution in [-0.2, 0) is 16.1 Å². The van der Waals surface area contributed by atoms with E-state index in [9.17, 15) is 14.7 Å². The van der Waals surface area contributed by atoms with Gasteiger partial charge in [-0.2, -0.15) is 0 Å². The van der Waals surface area contributed by atoms with E-state index in [1.54, 1.807) is 4.90 Å². The Kier molecular flexibility index (Phi) is 2.81. The number of hydrogen-bond donors (Lipinski definition) is 1. The number of carboxylic acids is 1. The van der Waals surface area contributed by atoms with Crippen LogP contribution in [0.1, 0.15) is 36.3 Å². The van der Waals surface area contributed by atoms with Crippen LogP contribution in [0.2, 0.25) is 0 Å². The SMILES string of the molecule is O=C(O)C1CN(C(=O)C2CC2C2CC2)Cc2ccccc21. The van der Waals surface area contributed by atoms with Crippen molar-refractivity contribution < 1.29 is 14.7 Å². The topological polar surface area (TPSA) is 57.6 Å². The summed E-state index contributed by atoms with van der Waals surface area (Å²) < 4.78 is 0. The molecular formula is C17H19NO3. The molecule has 3 atom stereocenters. The van der Waals surface area contributed by atoms with E-state index in [1.807, 2.05) is 24.3 Å². The normalized spacial score (nSPS) is 30.7. The number of hydrogen-bond acceptors (Lipinski definition) is 2. The summed E-state index contributed by atoms with van der Waals surface area (Å²) in [5, 5.41) is 9.45. The van der Waals surface area contributed by atoms with Crippen LogP contribution in [0.5, 0.6) is 0 Å². The predicted octanol–water partition coefficient (Wildman–Crippen LogP) is 2.24. The minimum Gasteiger partial charge on any atom is -0.481 e. The molecule has 1 amide bonds. The summed E-state index contributed by atoms with van der Waals surface area (Å²) in [6, 6.07) is 7.60. The molecule has 0 radical (unpaired) electrons. The standard InChI is InChI=1S/C17H19NO3/c19-16(14-7-13(14)10-5-6-10)18-8-11-3-1-2-4-12(11)15(9-18)17(20)21/h1-4,10,13-15H,5-9H2,(H,20,21). The van der Waals surface area contributed by atoms with Crippen molar-refractivity contribution in [3.63, 3.8) is 0 Å². The zero-order valence-corrected chi connectivity index (χ0v) is 11.9. The maximum absolute atomic E-state index is 12.6. The lowest BCUT2D eigenvalue weighted by atomic mass is 9.89. The van der Waals surface area contributed by atoms with Gasteiger partial charge in [-0.05, 0) is 42.2 Å². The average molecular weight is 285 g/mol. The quantitative estimate of drug-likeness (QED) is 0.926. The van der Waals surface area contributed by atoms with Crippen LogP contribution in [-0.4, -0.2) is 28.4 Å². The lowest BCUT2D eigenvalue weighted by Crippen LogP contribution is -2.41. The molecule has 3 aliphatic rings. The third-order valence-corrected chi connectivity index (χ3v) is 5.19. The second-order valence-electron chi connectivity index (χ2n) is 6.65. The molecular weight excluding hydrogens is 266 g/mol. The molecule has 3 unspecified atom stereocenters. The number of carbonyl (C=O) groups excluding carboxylic acids is 1. The first kappa shape index (κ1) is 12.9. The van der Waals surface area contributed by atoms with Crippen LogP contribution in [0.25, 0.3) is 0 Å². The zero-order valence-electron chi connectivity index (χ0n) is 11.9. The lowest BCUT2D eigenvalue weighted by molar-refractivity contribution is -0.141. The minimum atomic E-state index is -0.838. The van der Waals surface area contributed by atoms with E-state index in [2.05, 4.69) is 0 Å². The molecule has 0 bridgehead atoms. The largest absolute Gasteiger partial charge is 0.481 e. The molecule has 4 rings (SSSR count). The number of aliphatic carboxylic acids is 1. The van der Waals surface area contributed by atoms with Gasteiger partial charge in [0.1, 0.15) is 0 Å². The molecule has 4 heteroatoms. The summed E-state index contributed by atoms with van der Waals surface area (Å²) in [6.07, 6.45) is 3.56. The summed E-state index contributed by atoms with van der Waals surface area (Å²) in [6.45, 7) is 0.881. The van der Waals surface area contributed by atoms with E-state index in [-0.39, 0.29) is 11.8 Å². The van der Waals surface area contributed by atoms with Crippen molar-refractivity contribution in [2.45, 2.75) is 31.7 Å². The van der Waals surface area contributed by atoms with Gasteiger partial charge in [0.25, 0.3) is 0 Å². The van der Waals surface area contributed by atoms with Gasteiger partial charge in [-0.1, -0.05) is 24.3 Å². The molecule has 2 fully saturated rings. The summed E-state index contributed by atoms with van der Waals surface area (Å²) in [5.74, 6) is 0.264. The first-order valence-electron chi connectivity index (χ1n) is 7.74. The van der Waals surface area contributed by atoms with E-state index in [0.29, 0.717) is 19.0 Å². The second kappa shape index (κ2) is 4.58. The zero-order chi connectivity index (χ0) is 14.6. The molecule has 21 heavy (non-hydrogen) atoms. The molecule has 2 aliphatic carbocycles. The minimum absolute atomic E-state index is 0.164. The highest BCUT2D eigenvalue weighted by Gasteiger charge is 2.52. The van der Waals surface area contributed by atoms with Gasteiger partial charge in [0.2, 0.25) is 5.91 Å². The maximum atomic E-state index is 12.6. The molecule has 1 aromatic rings. The Bertz CT molecular complexity index is 608. The monoisotopic (exact) mass is 285 g/mol. The van der Waals surface area contributed by atoms with Crippen LogP contribution in [0.4, 0.5) is 0 Å². The smallest absolute Gasteiger partial charge is 0.312 e. The molecule has 110 valence electrons. The van der Waals surface area contributed by atoms with Gasteiger partial charge in [0.15, 0.2) is 0 Å². The highest BCUT2D eigenvalue weighted by molar-refractivity contribution is 5.84. The number of carbonyl (C=O) groups is 2. The van der Waals surface area contributed by atoms with Crippen molar-refractivity contribution in [3.05, 3.63) is 35.4 Å². The number of nitrogens with zero attached hydrogens (tertiary/aromatic N) is 1. The third kappa shape index (κ3) is 2.23. The van der Waals surface area contributed by atoms with E-state index >= 15 is 0 Å². The molecule has 4 nitrogen and oxygen atoms in total. The van der Waals surface area contributed by atoms with Crippen molar-refractivity contribution >= 4 is 11.9 Å². The number of carboxylic acid groups (broad SMARTS) is 1. The molecule has 1 heterocycles. The average Bonchev–Trinajstić information content (AvgIpc) is 3.37. The molecule has 0 saturated heterocycles.